The molecule has 1 aliphatic heterocycles. The van der Waals surface area contributed by atoms with Crippen LogP contribution in [0.5, 0.6) is 0 Å². The molecule has 0 radical (unpaired) electrons. The number of hydrogen-bond donors (Lipinski definition) is 0. The van der Waals surface area contributed by atoms with Crippen LogP contribution in [0.3, 0.4) is 0 Å². The summed E-state index contributed by atoms with van der Waals surface area (Å²) in [6, 6.07) is 9.44. The number of benzene rings is 1. The molecule has 0 unspecified atom stereocenters. The van der Waals surface area contributed by atoms with E-state index in [0.717, 1.165) is 29.5 Å². The van der Waals surface area contributed by atoms with Gasteiger partial charge in [-0.05, 0) is 31.2 Å². The highest BCUT2D eigenvalue weighted by molar-refractivity contribution is 6.30. The summed E-state index contributed by atoms with van der Waals surface area (Å²) in [7, 11) is 0. The van der Waals surface area contributed by atoms with Gasteiger partial charge >= 0.3 is 0 Å². The standard InChI is InChI=1S/C15H16ClN3O2/c1-11-10-14(21-17-11)15(20)19-8-6-18(7-9-19)13-4-2-12(16)3-5-13/h2-5,10H,6-9H2,1H3. The fraction of sp³-hybridized carbons (Fsp3) is 0.333. The summed E-state index contributed by atoms with van der Waals surface area (Å²) in [4.78, 5) is 16.3. The minimum Gasteiger partial charge on any atom is -0.368 e. The Morgan fingerprint density at radius 3 is 2.43 bits per heavy atom. The van der Waals surface area contributed by atoms with Crippen LogP contribution in [-0.4, -0.2) is 42.1 Å². The molecular formula is C15H16ClN3O2. The molecule has 1 aromatic heterocycles. The van der Waals surface area contributed by atoms with Crippen LogP contribution in [0.2, 0.25) is 5.02 Å². The Morgan fingerprint density at radius 2 is 1.86 bits per heavy atom. The molecule has 0 saturated carbocycles. The smallest absolute Gasteiger partial charge is 0.292 e. The number of piperazine rings is 1. The van der Waals surface area contributed by atoms with Crippen molar-refractivity contribution in [1.29, 1.82) is 0 Å². The van der Waals surface area contributed by atoms with Gasteiger partial charge in [-0.1, -0.05) is 16.8 Å². The summed E-state index contributed by atoms with van der Waals surface area (Å²) >= 11 is 5.90. The molecule has 2 heterocycles. The molecule has 21 heavy (non-hydrogen) atoms. The molecule has 5 nitrogen and oxygen atoms in total. The third-order valence-electron chi connectivity index (χ3n) is 3.60. The summed E-state index contributed by atoms with van der Waals surface area (Å²) < 4.78 is 5.03. The van der Waals surface area contributed by atoms with Gasteiger partial charge in [-0.25, -0.2) is 0 Å². The number of aromatic nitrogens is 1. The first-order valence-corrected chi connectivity index (χ1v) is 7.24. The van der Waals surface area contributed by atoms with E-state index in [2.05, 4.69) is 10.1 Å². The van der Waals surface area contributed by atoms with E-state index in [1.165, 1.54) is 0 Å². The number of halogens is 1. The van der Waals surface area contributed by atoms with Crippen molar-refractivity contribution in [2.45, 2.75) is 6.92 Å². The van der Waals surface area contributed by atoms with Gasteiger partial charge in [0, 0.05) is 43.0 Å². The Kier molecular flexibility index (Phi) is 3.84. The predicted octanol–water partition coefficient (Wildman–Crippen LogP) is 2.60. The highest BCUT2D eigenvalue weighted by Crippen LogP contribution is 2.20. The van der Waals surface area contributed by atoms with Crippen molar-refractivity contribution in [3.8, 4) is 0 Å². The molecule has 1 amide bonds. The third kappa shape index (κ3) is 3.03. The monoisotopic (exact) mass is 305 g/mol. The lowest BCUT2D eigenvalue weighted by atomic mass is 10.2. The summed E-state index contributed by atoms with van der Waals surface area (Å²) in [5, 5.41) is 4.49. The first-order valence-electron chi connectivity index (χ1n) is 6.86. The maximum atomic E-state index is 12.3. The van der Waals surface area contributed by atoms with Crippen LogP contribution in [0.1, 0.15) is 16.2 Å². The minimum atomic E-state index is -0.0913. The average molecular weight is 306 g/mol. The molecule has 0 N–H and O–H groups in total. The van der Waals surface area contributed by atoms with Crippen LogP contribution in [0, 0.1) is 6.92 Å². The second-order valence-corrected chi connectivity index (χ2v) is 5.52. The maximum Gasteiger partial charge on any atom is 0.292 e. The molecule has 2 aromatic rings. The highest BCUT2D eigenvalue weighted by Gasteiger charge is 2.24. The third-order valence-corrected chi connectivity index (χ3v) is 3.85. The molecule has 0 bridgehead atoms. The summed E-state index contributed by atoms with van der Waals surface area (Å²) in [6.45, 7) is 4.72. The van der Waals surface area contributed by atoms with Gasteiger partial charge < -0.3 is 14.3 Å². The summed E-state index contributed by atoms with van der Waals surface area (Å²) in [5.74, 6) is 0.221. The maximum absolute atomic E-state index is 12.3. The van der Waals surface area contributed by atoms with Gasteiger partial charge in [0.25, 0.3) is 5.91 Å². The molecular weight excluding hydrogens is 290 g/mol. The SMILES string of the molecule is Cc1cc(C(=O)N2CCN(c3ccc(Cl)cc3)CC2)on1. The summed E-state index contributed by atoms with van der Waals surface area (Å²) in [6.07, 6.45) is 0. The van der Waals surface area contributed by atoms with Gasteiger partial charge in [-0.2, -0.15) is 0 Å². The second-order valence-electron chi connectivity index (χ2n) is 5.09. The number of carbonyl (C=O) groups is 1. The highest BCUT2D eigenvalue weighted by atomic mass is 35.5. The number of carbonyl (C=O) groups excluding carboxylic acids is 1. The van der Waals surface area contributed by atoms with Crippen molar-refractivity contribution < 1.29 is 9.32 Å². The zero-order valence-electron chi connectivity index (χ0n) is 11.8. The number of nitrogens with zero attached hydrogens (tertiary/aromatic N) is 3. The van der Waals surface area contributed by atoms with Gasteiger partial charge in [-0.15, -0.1) is 0 Å². The van der Waals surface area contributed by atoms with Crippen LogP contribution in [0.15, 0.2) is 34.9 Å². The number of rotatable bonds is 2. The second kappa shape index (κ2) is 5.77. The van der Waals surface area contributed by atoms with Crippen molar-refractivity contribution in [2.24, 2.45) is 0 Å². The fourth-order valence-electron chi connectivity index (χ4n) is 2.44. The van der Waals surface area contributed by atoms with Crippen molar-refractivity contribution in [1.82, 2.24) is 10.1 Å². The molecule has 6 heteroatoms. The molecule has 1 saturated heterocycles. The molecule has 110 valence electrons. The van der Waals surface area contributed by atoms with Crippen LogP contribution in [0.4, 0.5) is 5.69 Å². The molecule has 0 atom stereocenters. The average Bonchev–Trinajstić information content (AvgIpc) is 2.94. The number of aryl methyl sites for hydroxylation is 1. The van der Waals surface area contributed by atoms with Crippen LogP contribution in [-0.2, 0) is 0 Å². The predicted molar refractivity (Wildman–Crippen MR) is 80.8 cm³/mol. The Bertz CT molecular complexity index is 631. The van der Waals surface area contributed by atoms with Gasteiger partial charge in [0.2, 0.25) is 5.76 Å². The van der Waals surface area contributed by atoms with E-state index >= 15 is 0 Å². The van der Waals surface area contributed by atoms with Crippen molar-refractivity contribution in [3.05, 3.63) is 46.8 Å². The van der Waals surface area contributed by atoms with Gasteiger partial charge in [-0.3, -0.25) is 4.79 Å². The molecule has 0 aliphatic carbocycles. The number of anilines is 1. The van der Waals surface area contributed by atoms with E-state index in [1.807, 2.05) is 24.3 Å². The summed E-state index contributed by atoms with van der Waals surface area (Å²) in [5.41, 5.74) is 1.85. The van der Waals surface area contributed by atoms with E-state index in [0.29, 0.717) is 18.8 Å². The lowest BCUT2D eigenvalue weighted by molar-refractivity contribution is 0.0705. The normalized spacial score (nSPS) is 15.3. The van der Waals surface area contributed by atoms with Gasteiger partial charge in [0.15, 0.2) is 0 Å². The van der Waals surface area contributed by atoms with Gasteiger partial charge in [0.05, 0.1) is 5.69 Å². The Morgan fingerprint density at radius 1 is 1.19 bits per heavy atom. The van der Waals surface area contributed by atoms with Gasteiger partial charge in [0.1, 0.15) is 0 Å². The lowest BCUT2D eigenvalue weighted by Crippen LogP contribution is -2.48. The number of amides is 1. The van der Waals surface area contributed by atoms with Crippen LogP contribution in [0.25, 0.3) is 0 Å². The topological polar surface area (TPSA) is 49.6 Å². The van der Waals surface area contributed by atoms with E-state index in [1.54, 1.807) is 17.9 Å². The first kappa shape index (κ1) is 13.9. The molecule has 1 aromatic carbocycles. The van der Waals surface area contributed by atoms with Crippen molar-refractivity contribution >= 4 is 23.2 Å². The van der Waals surface area contributed by atoms with E-state index < -0.39 is 0 Å². The zero-order chi connectivity index (χ0) is 14.8. The van der Waals surface area contributed by atoms with E-state index in [4.69, 9.17) is 16.1 Å². The van der Waals surface area contributed by atoms with Crippen LogP contribution >= 0.6 is 11.6 Å². The quantitative estimate of drug-likeness (QED) is 0.856. The Balaban J connectivity index is 1.62. The number of hydrogen-bond acceptors (Lipinski definition) is 4. The lowest BCUT2D eigenvalue weighted by Gasteiger charge is -2.35. The van der Waals surface area contributed by atoms with Crippen molar-refractivity contribution in [3.63, 3.8) is 0 Å². The van der Waals surface area contributed by atoms with Crippen molar-refractivity contribution in [2.75, 3.05) is 31.1 Å². The minimum absolute atomic E-state index is 0.0913. The van der Waals surface area contributed by atoms with Crippen LogP contribution < -0.4 is 4.90 Å². The molecule has 1 fully saturated rings. The molecule has 1 aliphatic rings. The largest absolute Gasteiger partial charge is 0.368 e. The Labute approximate surface area is 128 Å². The zero-order valence-corrected chi connectivity index (χ0v) is 12.5. The van der Waals surface area contributed by atoms with E-state index in [-0.39, 0.29) is 5.91 Å². The molecule has 3 rings (SSSR count). The Hall–Kier alpha value is -2.01. The van der Waals surface area contributed by atoms with E-state index in [9.17, 15) is 4.79 Å². The first-order chi connectivity index (χ1) is 10.1. The fourth-order valence-corrected chi connectivity index (χ4v) is 2.57. The molecule has 0 spiro atoms.